The van der Waals surface area contributed by atoms with Crippen molar-refractivity contribution < 1.29 is 9.53 Å². The number of hydrogen-bond donors (Lipinski definition) is 2. The third-order valence-electron chi connectivity index (χ3n) is 7.80. The van der Waals surface area contributed by atoms with Gasteiger partial charge in [0.15, 0.2) is 5.78 Å². The van der Waals surface area contributed by atoms with E-state index in [9.17, 15) is 4.79 Å². The van der Waals surface area contributed by atoms with Crippen LogP contribution in [0.4, 0.5) is 5.69 Å². The number of H-pyrrole nitrogens is 1. The molecule has 2 N–H and O–H groups in total. The van der Waals surface area contributed by atoms with Crippen LogP contribution in [0.5, 0.6) is 5.75 Å². The van der Waals surface area contributed by atoms with Crippen molar-refractivity contribution in [3.8, 4) is 5.75 Å². The lowest BCUT2D eigenvalue weighted by atomic mass is 9.73. The molecule has 1 aliphatic rings. The highest BCUT2D eigenvalue weighted by molar-refractivity contribution is 6.26. The van der Waals surface area contributed by atoms with Crippen molar-refractivity contribution in [1.82, 2.24) is 4.98 Å². The average molecular weight is 527 g/mol. The minimum Gasteiger partial charge on any atom is -0.497 e. The number of aromatic amines is 1. The Morgan fingerprint density at radius 3 is 2.00 bits per heavy atom. The molecule has 4 heteroatoms. The first-order chi connectivity index (χ1) is 19.4. The highest BCUT2D eigenvalue weighted by Crippen LogP contribution is 2.46. The topological polar surface area (TPSA) is 54.1 Å². The fraction of sp³-hybridized carbons (Fsp3) is 0.194. The molecule has 0 spiro atoms. The number of ketones is 1. The van der Waals surface area contributed by atoms with Crippen molar-refractivity contribution in [2.45, 2.75) is 32.6 Å². The first-order valence-corrected chi connectivity index (χ1v) is 13.8. The summed E-state index contributed by atoms with van der Waals surface area (Å²) in [6.45, 7) is 4.34. The average Bonchev–Trinajstić information content (AvgIpc) is 3.32. The summed E-state index contributed by atoms with van der Waals surface area (Å²) in [5.41, 5.74) is 7.92. The fourth-order valence-corrected chi connectivity index (χ4v) is 6.03. The van der Waals surface area contributed by atoms with Gasteiger partial charge in [-0.25, -0.2) is 0 Å². The predicted octanol–water partition coefficient (Wildman–Crippen LogP) is 8.57. The van der Waals surface area contributed by atoms with Gasteiger partial charge in [0.1, 0.15) is 5.75 Å². The number of fused-ring (bicyclic) bond motifs is 1. The first kappa shape index (κ1) is 25.7. The Bertz CT molecular complexity index is 1640. The molecule has 0 aliphatic heterocycles. The summed E-state index contributed by atoms with van der Waals surface area (Å²) in [5, 5.41) is 4.72. The zero-order valence-electron chi connectivity index (χ0n) is 23.2. The predicted molar refractivity (Wildman–Crippen MR) is 164 cm³/mol. The van der Waals surface area contributed by atoms with E-state index in [1.54, 1.807) is 7.11 Å². The van der Waals surface area contributed by atoms with Gasteiger partial charge in [-0.3, -0.25) is 4.79 Å². The Labute approximate surface area is 235 Å². The summed E-state index contributed by atoms with van der Waals surface area (Å²) in [4.78, 5) is 17.9. The third kappa shape index (κ3) is 4.93. The van der Waals surface area contributed by atoms with Gasteiger partial charge in [0.25, 0.3) is 0 Å². The number of carbonyl (C=O) groups excluding carboxylic acids is 1. The Morgan fingerprint density at radius 2 is 1.38 bits per heavy atom. The van der Waals surface area contributed by atoms with Crippen LogP contribution in [-0.2, 0) is 4.79 Å². The molecule has 1 heterocycles. The molecule has 0 unspecified atom stereocenters. The number of ether oxygens (including phenoxy) is 1. The molecule has 0 amide bonds. The van der Waals surface area contributed by atoms with E-state index in [2.05, 4.69) is 90.9 Å². The minimum absolute atomic E-state index is 0.0673. The van der Waals surface area contributed by atoms with Gasteiger partial charge in [0, 0.05) is 51.5 Å². The van der Waals surface area contributed by atoms with Crippen LogP contribution < -0.4 is 10.1 Å². The number of benzene rings is 4. The van der Waals surface area contributed by atoms with Gasteiger partial charge in [0.2, 0.25) is 0 Å². The van der Waals surface area contributed by atoms with E-state index in [-0.39, 0.29) is 17.1 Å². The van der Waals surface area contributed by atoms with E-state index < -0.39 is 0 Å². The zero-order valence-corrected chi connectivity index (χ0v) is 23.2. The zero-order chi connectivity index (χ0) is 27.7. The standard InChI is InChI=1S/C36H34N2O2/c1-36(2)22-30(37-26-18-20-27(40-3)21-19-26)34(31(39)23-36)33-28-16-10-11-17-29(28)38-35(33)32(24-12-6-4-7-13-24)25-14-8-5-9-15-25/h4-21,32,37-38H,22-23H2,1-3H3. The van der Waals surface area contributed by atoms with Gasteiger partial charge in [-0.2, -0.15) is 0 Å². The Hall–Kier alpha value is -4.57. The Morgan fingerprint density at radius 1 is 0.775 bits per heavy atom. The summed E-state index contributed by atoms with van der Waals surface area (Å²) in [7, 11) is 1.67. The van der Waals surface area contributed by atoms with Crippen LogP contribution in [0.1, 0.15) is 55.0 Å². The lowest BCUT2D eigenvalue weighted by Crippen LogP contribution is -2.28. The highest BCUT2D eigenvalue weighted by atomic mass is 16.5. The number of para-hydroxylation sites is 1. The van der Waals surface area contributed by atoms with Crippen LogP contribution >= 0.6 is 0 Å². The van der Waals surface area contributed by atoms with Crippen molar-refractivity contribution in [1.29, 1.82) is 0 Å². The van der Waals surface area contributed by atoms with E-state index >= 15 is 0 Å². The molecule has 0 atom stereocenters. The number of allylic oxidation sites excluding steroid dienone is 2. The molecule has 0 saturated carbocycles. The minimum atomic E-state index is -0.153. The molecule has 5 aromatic rings. The van der Waals surface area contributed by atoms with E-state index in [1.165, 1.54) is 11.1 Å². The fourth-order valence-electron chi connectivity index (χ4n) is 6.03. The van der Waals surface area contributed by atoms with Crippen LogP contribution in [0.2, 0.25) is 0 Å². The number of rotatable bonds is 7. The molecule has 1 aromatic heterocycles. The summed E-state index contributed by atoms with van der Waals surface area (Å²) in [5.74, 6) is 0.896. The molecule has 0 bridgehead atoms. The second kappa shape index (κ2) is 10.5. The second-order valence-electron chi connectivity index (χ2n) is 11.4. The quantitative estimate of drug-likeness (QED) is 0.223. The number of carbonyl (C=O) groups is 1. The van der Waals surface area contributed by atoms with Crippen molar-refractivity contribution in [2.75, 3.05) is 12.4 Å². The first-order valence-electron chi connectivity index (χ1n) is 13.8. The van der Waals surface area contributed by atoms with E-state index in [0.717, 1.165) is 51.3 Å². The van der Waals surface area contributed by atoms with Crippen LogP contribution in [0, 0.1) is 5.41 Å². The lowest BCUT2D eigenvalue weighted by molar-refractivity contribution is -0.116. The third-order valence-corrected chi connectivity index (χ3v) is 7.80. The van der Waals surface area contributed by atoms with Gasteiger partial charge in [-0.1, -0.05) is 92.7 Å². The summed E-state index contributed by atoms with van der Waals surface area (Å²) in [6, 6.07) is 37.3. The number of nitrogens with one attached hydrogen (secondary N) is 2. The number of hydrogen-bond acceptors (Lipinski definition) is 3. The summed E-state index contributed by atoms with van der Waals surface area (Å²) < 4.78 is 5.37. The van der Waals surface area contributed by atoms with Gasteiger partial charge in [0.05, 0.1) is 7.11 Å². The molecular weight excluding hydrogens is 492 g/mol. The van der Waals surface area contributed by atoms with E-state index in [0.29, 0.717) is 6.42 Å². The number of aromatic nitrogens is 1. The van der Waals surface area contributed by atoms with Crippen molar-refractivity contribution in [2.24, 2.45) is 5.41 Å². The molecule has 6 rings (SSSR count). The monoisotopic (exact) mass is 526 g/mol. The molecule has 40 heavy (non-hydrogen) atoms. The molecule has 4 aromatic carbocycles. The molecule has 0 radical (unpaired) electrons. The van der Waals surface area contributed by atoms with Gasteiger partial charge in [-0.05, 0) is 53.3 Å². The molecular formula is C36H34N2O2. The van der Waals surface area contributed by atoms with Gasteiger partial charge in [-0.15, -0.1) is 0 Å². The van der Waals surface area contributed by atoms with Crippen molar-refractivity contribution in [3.05, 3.63) is 137 Å². The maximum absolute atomic E-state index is 14.2. The molecule has 200 valence electrons. The SMILES string of the molecule is COc1ccc(NC2=C(c3c(C(c4ccccc4)c4ccccc4)[nH]c4ccccc34)C(=O)CC(C)(C)C2)cc1. The highest BCUT2D eigenvalue weighted by Gasteiger charge is 2.37. The van der Waals surface area contributed by atoms with Gasteiger partial charge >= 0.3 is 0 Å². The van der Waals surface area contributed by atoms with Crippen molar-refractivity contribution >= 4 is 27.9 Å². The number of Topliss-reactive ketones (excluding diaryl/α,β-unsaturated/α-hetero) is 1. The second-order valence-corrected chi connectivity index (χ2v) is 11.4. The summed E-state index contributed by atoms with van der Waals surface area (Å²) in [6.07, 6.45) is 1.26. The van der Waals surface area contributed by atoms with Crippen LogP contribution in [0.15, 0.2) is 115 Å². The van der Waals surface area contributed by atoms with Crippen LogP contribution in [0.3, 0.4) is 0 Å². The number of methoxy groups -OCH3 is 1. The summed E-state index contributed by atoms with van der Waals surface area (Å²) >= 11 is 0. The van der Waals surface area contributed by atoms with Crippen molar-refractivity contribution in [3.63, 3.8) is 0 Å². The van der Waals surface area contributed by atoms with E-state index in [4.69, 9.17) is 4.74 Å². The maximum atomic E-state index is 14.2. The Kier molecular flexibility index (Phi) is 6.77. The molecule has 0 fully saturated rings. The molecule has 1 aliphatic carbocycles. The normalized spacial score (nSPS) is 15.1. The smallest absolute Gasteiger partial charge is 0.165 e. The van der Waals surface area contributed by atoms with Crippen LogP contribution in [0.25, 0.3) is 16.5 Å². The largest absolute Gasteiger partial charge is 0.497 e. The maximum Gasteiger partial charge on any atom is 0.165 e. The molecule has 4 nitrogen and oxygen atoms in total. The number of anilines is 1. The van der Waals surface area contributed by atoms with Crippen LogP contribution in [-0.4, -0.2) is 17.9 Å². The molecule has 0 saturated heterocycles. The lowest BCUT2D eigenvalue weighted by Gasteiger charge is -2.33. The van der Waals surface area contributed by atoms with Gasteiger partial charge < -0.3 is 15.0 Å². The Balaban J connectivity index is 1.62. The van der Waals surface area contributed by atoms with E-state index in [1.807, 2.05) is 42.5 Å².